The maximum Gasteiger partial charge on any atom is 0.245 e. The highest BCUT2D eigenvalue weighted by molar-refractivity contribution is 5.90. The van der Waals surface area contributed by atoms with Crippen LogP contribution < -0.4 is 5.32 Å². The second-order valence-electron chi connectivity index (χ2n) is 13.0. The number of nitrogens with one attached hydrogen (secondary N) is 1. The van der Waals surface area contributed by atoms with Gasteiger partial charge in [0.2, 0.25) is 17.7 Å². The summed E-state index contributed by atoms with van der Waals surface area (Å²) in [5, 5.41) is 3.15. The van der Waals surface area contributed by atoms with Crippen molar-refractivity contribution in [1.29, 1.82) is 0 Å². The predicted molar refractivity (Wildman–Crippen MR) is 155 cm³/mol. The van der Waals surface area contributed by atoms with Crippen molar-refractivity contribution in [3.63, 3.8) is 0 Å². The van der Waals surface area contributed by atoms with Crippen molar-refractivity contribution in [1.82, 2.24) is 24.9 Å². The average molecular weight is 536 g/mol. The van der Waals surface area contributed by atoms with Gasteiger partial charge in [-0.15, -0.1) is 0 Å². The lowest BCUT2D eigenvalue weighted by atomic mass is 9.84. The van der Waals surface area contributed by atoms with Crippen LogP contribution in [0.4, 0.5) is 0 Å². The van der Waals surface area contributed by atoms with E-state index in [1.807, 2.05) is 44.7 Å². The largest absolute Gasteiger partial charge is 0.342 e. The van der Waals surface area contributed by atoms with Gasteiger partial charge in [0.1, 0.15) is 6.04 Å². The van der Waals surface area contributed by atoms with Crippen LogP contribution in [0.3, 0.4) is 0 Å². The highest BCUT2D eigenvalue weighted by Gasteiger charge is 2.41. The van der Waals surface area contributed by atoms with E-state index in [0.29, 0.717) is 6.54 Å². The van der Waals surface area contributed by atoms with Gasteiger partial charge in [-0.1, -0.05) is 54.4 Å². The zero-order chi connectivity index (χ0) is 28.6. The zero-order valence-corrected chi connectivity index (χ0v) is 25.9. The van der Waals surface area contributed by atoms with Gasteiger partial charge >= 0.3 is 0 Å². The van der Waals surface area contributed by atoms with Crippen LogP contribution in [0.1, 0.15) is 93.4 Å². The zero-order valence-electron chi connectivity index (χ0n) is 25.9. The molecule has 8 nitrogen and oxygen atoms in total. The fourth-order valence-corrected chi connectivity index (χ4v) is 6.08. The summed E-state index contributed by atoms with van der Waals surface area (Å²) in [6, 6.07) is -0.982. The number of rotatable bonds is 11. The van der Waals surface area contributed by atoms with Gasteiger partial charge in [0, 0.05) is 32.7 Å². The van der Waals surface area contributed by atoms with Gasteiger partial charge in [-0.05, 0) is 70.5 Å². The molecule has 2 rings (SSSR count). The van der Waals surface area contributed by atoms with Crippen LogP contribution in [0.5, 0.6) is 0 Å². The Bertz CT molecular complexity index is 780. The molecule has 8 heteroatoms. The van der Waals surface area contributed by atoms with Crippen LogP contribution in [-0.4, -0.2) is 108 Å². The van der Waals surface area contributed by atoms with Gasteiger partial charge in [0.05, 0.1) is 12.1 Å². The van der Waals surface area contributed by atoms with Crippen LogP contribution in [0, 0.1) is 11.3 Å². The number of piperidine rings is 2. The number of amides is 3. The second kappa shape index (κ2) is 14.6. The lowest BCUT2D eigenvalue weighted by Gasteiger charge is -2.44. The molecule has 0 saturated carbocycles. The molecule has 0 spiro atoms. The summed E-state index contributed by atoms with van der Waals surface area (Å²) >= 11 is 0. The molecule has 2 aliphatic heterocycles. The molecule has 0 aliphatic carbocycles. The third kappa shape index (κ3) is 8.41. The molecule has 2 saturated heterocycles. The SMILES string of the molecule is CCCN(CC)C(=O)[C@@H]1CCCCN1CC(C(C)C)N(C)C(=O)C(NC(=O)C1CCCCN1C)C(C)(C)C. The molecule has 2 fully saturated rings. The summed E-state index contributed by atoms with van der Waals surface area (Å²) < 4.78 is 0. The van der Waals surface area contributed by atoms with Crippen molar-refractivity contribution in [2.45, 2.75) is 118 Å². The van der Waals surface area contributed by atoms with Crippen LogP contribution in [-0.2, 0) is 14.4 Å². The maximum atomic E-state index is 14.0. The van der Waals surface area contributed by atoms with E-state index in [1.165, 1.54) is 0 Å². The monoisotopic (exact) mass is 535 g/mol. The minimum absolute atomic E-state index is 0.0488. The number of likely N-dealkylation sites (tertiary alicyclic amines) is 2. The molecule has 220 valence electrons. The molecular formula is C30H57N5O3. The first kappa shape index (κ1) is 32.5. The maximum absolute atomic E-state index is 14.0. The number of carbonyl (C=O) groups is 3. The lowest BCUT2D eigenvalue weighted by Crippen LogP contribution is -2.61. The molecule has 3 amide bonds. The summed E-state index contributed by atoms with van der Waals surface area (Å²) in [7, 11) is 3.87. The summed E-state index contributed by atoms with van der Waals surface area (Å²) in [5.74, 6) is 0.332. The third-order valence-electron chi connectivity index (χ3n) is 8.59. The Morgan fingerprint density at radius 3 is 2.11 bits per heavy atom. The van der Waals surface area contributed by atoms with Crippen molar-refractivity contribution in [2.24, 2.45) is 11.3 Å². The Morgan fingerprint density at radius 2 is 1.58 bits per heavy atom. The highest BCUT2D eigenvalue weighted by atomic mass is 16.2. The van der Waals surface area contributed by atoms with Crippen molar-refractivity contribution in [3.8, 4) is 0 Å². The third-order valence-corrected chi connectivity index (χ3v) is 8.59. The van der Waals surface area contributed by atoms with Gasteiger partial charge in [0.15, 0.2) is 0 Å². The number of hydrogen-bond acceptors (Lipinski definition) is 5. The molecule has 0 aromatic carbocycles. The van der Waals surface area contributed by atoms with Gasteiger partial charge in [0.25, 0.3) is 0 Å². The van der Waals surface area contributed by atoms with Crippen LogP contribution in [0.2, 0.25) is 0 Å². The van der Waals surface area contributed by atoms with E-state index < -0.39 is 11.5 Å². The Labute approximate surface area is 232 Å². The molecule has 3 unspecified atom stereocenters. The Morgan fingerprint density at radius 1 is 0.974 bits per heavy atom. The fraction of sp³-hybridized carbons (Fsp3) is 0.900. The molecule has 38 heavy (non-hydrogen) atoms. The molecule has 2 heterocycles. The van der Waals surface area contributed by atoms with Crippen LogP contribution in [0.25, 0.3) is 0 Å². The lowest BCUT2D eigenvalue weighted by molar-refractivity contribution is -0.144. The van der Waals surface area contributed by atoms with Crippen LogP contribution >= 0.6 is 0 Å². The molecule has 0 radical (unpaired) electrons. The highest BCUT2D eigenvalue weighted by Crippen LogP contribution is 2.26. The summed E-state index contributed by atoms with van der Waals surface area (Å²) in [4.78, 5) is 49.1. The van der Waals surface area contributed by atoms with E-state index >= 15 is 0 Å². The van der Waals surface area contributed by atoms with Crippen molar-refractivity contribution < 1.29 is 14.4 Å². The Balaban J connectivity index is 2.22. The minimum Gasteiger partial charge on any atom is -0.342 e. The summed E-state index contributed by atoms with van der Waals surface area (Å²) in [6.07, 6.45) is 6.93. The number of carbonyl (C=O) groups excluding carboxylic acids is 3. The first-order chi connectivity index (χ1) is 17.8. The van der Waals surface area contributed by atoms with Crippen LogP contribution in [0.15, 0.2) is 0 Å². The van der Waals surface area contributed by atoms with Gasteiger partial charge < -0.3 is 15.1 Å². The standard InChI is InChI=1S/C30H57N5O3/c1-10-18-34(11-2)28(37)24-17-13-15-20-35(24)21-25(22(3)4)33(9)29(38)26(30(5,6)7)31-27(36)23-16-12-14-19-32(23)8/h22-26H,10-21H2,1-9H3,(H,31,36)/t23?,24-,25?,26?/m0/s1. The van der Waals surface area contributed by atoms with E-state index in [4.69, 9.17) is 0 Å². The molecule has 0 bridgehead atoms. The Kier molecular flexibility index (Phi) is 12.5. The van der Waals surface area contributed by atoms with E-state index in [2.05, 4.69) is 42.8 Å². The summed E-state index contributed by atoms with van der Waals surface area (Å²) in [5.41, 5.74) is -0.429. The van der Waals surface area contributed by atoms with E-state index in [1.54, 1.807) is 0 Å². The first-order valence-corrected chi connectivity index (χ1v) is 15.1. The van der Waals surface area contributed by atoms with Gasteiger partial charge in [-0.25, -0.2) is 0 Å². The van der Waals surface area contributed by atoms with Gasteiger partial charge in [-0.3, -0.25) is 24.2 Å². The molecule has 4 atom stereocenters. The van der Waals surface area contributed by atoms with Crippen molar-refractivity contribution >= 4 is 17.7 Å². The average Bonchev–Trinajstić information content (AvgIpc) is 2.87. The van der Waals surface area contributed by atoms with Gasteiger partial charge in [-0.2, -0.15) is 0 Å². The fourth-order valence-electron chi connectivity index (χ4n) is 6.08. The van der Waals surface area contributed by atoms with Crippen molar-refractivity contribution in [2.75, 3.05) is 46.8 Å². The quantitative estimate of drug-likeness (QED) is 0.438. The Hall–Kier alpha value is -1.67. The second-order valence-corrected chi connectivity index (χ2v) is 13.0. The number of hydrogen-bond donors (Lipinski definition) is 1. The predicted octanol–water partition coefficient (Wildman–Crippen LogP) is 3.60. The van der Waals surface area contributed by atoms with E-state index in [9.17, 15) is 14.4 Å². The van der Waals surface area contributed by atoms with E-state index in [0.717, 1.165) is 71.1 Å². The number of likely N-dealkylation sites (N-methyl/N-ethyl adjacent to an activating group) is 3. The van der Waals surface area contributed by atoms with E-state index in [-0.39, 0.29) is 41.8 Å². The number of nitrogens with zero attached hydrogens (tertiary/aromatic N) is 4. The molecule has 0 aromatic rings. The first-order valence-electron chi connectivity index (χ1n) is 15.1. The smallest absolute Gasteiger partial charge is 0.245 e. The topological polar surface area (TPSA) is 76.2 Å². The summed E-state index contributed by atoms with van der Waals surface area (Å²) in [6.45, 7) is 18.5. The molecule has 1 N–H and O–H groups in total. The molecular weight excluding hydrogens is 478 g/mol. The minimum atomic E-state index is -0.615. The normalized spacial score (nSPS) is 23.1. The molecule has 2 aliphatic rings. The van der Waals surface area contributed by atoms with Crippen molar-refractivity contribution in [3.05, 3.63) is 0 Å². The molecule has 0 aromatic heterocycles.